The van der Waals surface area contributed by atoms with E-state index in [4.69, 9.17) is 0 Å². The van der Waals surface area contributed by atoms with E-state index in [2.05, 4.69) is 72.0 Å². The number of rotatable bonds is 67. The number of amides is 2. The molecule has 0 aliphatic carbocycles. The minimum atomic E-state index is 0.0808. The van der Waals surface area contributed by atoms with Crippen molar-refractivity contribution >= 4 is 11.8 Å². The highest BCUT2D eigenvalue weighted by molar-refractivity contribution is 5.77. The van der Waals surface area contributed by atoms with Crippen LogP contribution < -0.4 is 10.6 Å². The molecule has 466 valence electrons. The number of carbonyl (C=O) groups excluding carboxylic acids is 2. The molecule has 0 heterocycles. The van der Waals surface area contributed by atoms with Crippen LogP contribution in [0.3, 0.4) is 0 Å². The zero-order chi connectivity index (χ0) is 56.7. The second-order valence-electron chi connectivity index (χ2n) is 25.0. The molecule has 0 unspecified atom stereocenters. The highest BCUT2D eigenvalue weighted by Gasteiger charge is 2.12. The van der Waals surface area contributed by atoms with Crippen LogP contribution in [0, 0.1) is 0 Å². The third-order valence-electron chi connectivity index (χ3n) is 17.1. The van der Waals surface area contributed by atoms with Crippen molar-refractivity contribution in [3.8, 4) is 0 Å². The molecule has 0 saturated carbocycles. The van der Waals surface area contributed by atoms with Crippen molar-refractivity contribution < 1.29 is 9.59 Å². The standard InChI is InChI=1S/C70H144N6O2/c1-7-11-15-19-23-27-31-35-39-43-47-51-59-75(60-52-48-44-40-36-32-28-24-20-16-12-8-2)67-65-73(5)63-55-69(77)71-57-58-72-70(78)56-64-74(6)66-68-76(61-53-49-45-41-37-33-29-25-21-17-13-9-3)62-54-50-46-42-38-34-30-26-22-18-14-10-4/h7-68H2,1-6H3,(H,71,77)(H,72,78). The summed E-state index contributed by atoms with van der Waals surface area (Å²) in [5, 5.41) is 6.14. The van der Waals surface area contributed by atoms with Crippen LogP contribution in [-0.2, 0) is 9.59 Å². The Bertz CT molecular complexity index is 1030. The van der Waals surface area contributed by atoms with Crippen LogP contribution in [0.1, 0.15) is 349 Å². The smallest absolute Gasteiger partial charge is 0.221 e. The molecule has 0 atom stereocenters. The summed E-state index contributed by atoms with van der Waals surface area (Å²) in [7, 11) is 4.35. The normalized spacial score (nSPS) is 11.9. The zero-order valence-corrected chi connectivity index (χ0v) is 54.4. The van der Waals surface area contributed by atoms with Crippen molar-refractivity contribution in [1.29, 1.82) is 0 Å². The first-order valence-corrected chi connectivity index (χ1v) is 35.7. The van der Waals surface area contributed by atoms with Crippen LogP contribution in [0.5, 0.6) is 0 Å². The summed E-state index contributed by atoms with van der Waals surface area (Å²) >= 11 is 0. The van der Waals surface area contributed by atoms with Gasteiger partial charge < -0.3 is 30.2 Å². The van der Waals surface area contributed by atoms with Crippen LogP contribution in [0.15, 0.2) is 0 Å². The van der Waals surface area contributed by atoms with Gasteiger partial charge in [-0.2, -0.15) is 0 Å². The minimum Gasteiger partial charge on any atom is -0.354 e. The van der Waals surface area contributed by atoms with Gasteiger partial charge in [0, 0.05) is 65.2 Å². The first-order valence-electron chi connectivity index (χ1n) is 35.7. The number of unbranched alkanes of at least 4 members (excludes halogenated alkanes) is 44. The van der Waals surface area contributed by atoms with Gasteiger partial charge in [0.05, 0.1) is 0 Å². The third-order valence-corrected chi connectivity index (χ3v) is 17.1. The molecule has 78 heavy (non-hydrogen) atoms. The van der Waals surface area contributed by atoms with E-state index in [0.717, 1.165) is 39.3 Å². The fourth-order valence-electron chi connectivity index (χ4n) is 11.4. The summed E-state index contributed by atoms with van der Waals surface area (Å²) in [5.74, 6) is 0.162. The van der Waals surface area contributed by atoms with E-state index in [1.807, 2.05) is 0 Å². The van der Waals surface area contributed by atoms with Gasteiger partial charge in [-0.15, -0.1) is 0 Å². The molecule has 0 aliphatic rings. The first-order chi connectivity index (χ1) is 38.4. The summed E-state index contributed by atoms with van der Waals surface area (Å²) in [4.78, 5) is 35.8. The molecule has 8 nitrogen and oxygen atoms in total. The predicted octanol–water partition coefficient (Wildman–Crippen LogP) is 19.3. The number of nitrogens with one attached hydrogen (secondary N) is 2. The average molecular weight is 1100 g/mol. The third kappa shape index (κ3) is 60.9. The highest BCUT2D eigenvalue weighted by Crippen LogP contribution is 2.17. The fourth-order valence-corrected chi connectivity index (χ4v) is 11.4. The molecule has 0 aromatic rings. The van der Waals surface area contributed by atoms with E-state index in [9.17, 15) is 9.59 Å². The number of hydrogen-bond donors (Lipinski definition) is 2. The lowest BCUT2D eigenvalue weighted by atomic mass is 10.0. The van der Waals surface area contributed by atoms with Crippen molar-refractivity contribution in [2.75, 3.05) is 92.6 Å². The summed E-state index contributed by atoms with van der Waals surface area (Å²) in [6.45, 7) is 20.8. The predicted molar refractivity (Wildman–Crippen MR) is 347 cm³/mol. The van der Waals surface area contributed by atoms with Crippen molar-refractivity contribution in [3.05, 3.63) is 0 Å². The van der Waals surface area contributed by atoms with Crippen molar-refractivity contribution in [3.63, 3.8) is 0 Å². The van der Waals surface area contributed by atoms with Crippen LogP contribution in [-0.4, -0.2) is 124 Å². The van der Waals surface area contributed by atoms with Crippen molar-refractivity contribution in [1.82, 2.24) is 30.2 Å². The summed E-state index contributed by atoms with van der Waals surface area (Å²) < 4.78 is 0. The number of hydrogen-bond acceptors (Lipinski definition) is 6. The van der Waals surface area contributed by atoms with E-state index < -0.39 is 0 Å². The Hall–Kier alpha value is -1.22. The summed E-state index contributed by atoms with van der Waals surface area (Å²) in [5.41, 5.74) is 0. The Morgan fingerprint density at radius 2 is 0.410 bits per heavy atom. The molecule has 0 radical (unpaired) electrons. The second-order valence-corrected chi connectivity index (χ2v) is 25.0. The van der Waals surface area contributed by atoms with Crippen molar-refractivity contribution in [2.24, 2.45) is 0 Å². The van der Waals surface area contributed by atoms with Gasteiger partial charge in [0.1, 0.15) is 0 Å². The fraction of sp³-hybridized carbons (Fsp3) is 0.971. The number of nitrogens with zero attached hydrogens (tertiary/aromatic N) is 4. The van der Waals surface area contributed by atoms with Gasteiger partial charge in [-0.25, -0.2) is 0 Å². The van der Waals surface area contributed by atoms with Crippen LogP contribution in [0.2, 0.25) is 0 Å². The maximum Gasteiger partial charge on any atom is 0.221 e. The Labute approximate surface area is 490 Å². The molecule has 0 rings (SSSR count). The van der Waals surface area contributed by atoms with Crippen molar-refractivity contribution in [2.45, 2.75) is 349 Å². The van der Waals surface area contributed by atoms with Gasteiger partial charge in [0.2, 0.25) is 11.8 Å². The van der Waals surface area contributed by atoms with E-state index >= 15 is 0 Å². The lowest BCUT2D eigenvalue weighted by Gasteiger charge is -2.26. The van der Waals surface area contributed by atoms with E-state index in [1.54, 1.807) is 0 Å². The molecule has 2 N–H and O–H groups in total. The Balaban J connectivity index is 4.54. The Morgan fingerprint density at radius 1 is 0.231 bits per heavy atom. The SMILES string of the molecule is CCCCCCCCCCCCCCN(CCCCCCCCCCCCCC)CCN(C)CCC(=O)NCCNC(=O)CCN(C)CCN(CCCCCCCCCCCCCC)CCCCCCCCCCCCCC. The lowest BCUT2D eigenvalue weighted by molar-refractivity contribution is -0.123. The van der Waals surface area contributed by atoms with Crippen LogP contribution in [0.4, 0.5) is 0 Å². The molecule has 0 bridgehead atoms. The molecule has 2 amide bonds. The van der Waals surface area contributed by atoms with E-state index in [0.29, 0.717) is 25.9 Å². The number of carbonyl (C=O) groups is 2. The van der Waals surface area contributed by atoms with Gasteiger partial charge >= 0.3 is 0 Å². The maximum atomic E-state index is 12.8. The van der Waals surface area contributed by atoms with Gasteiger partial charge in [-0.05, 0) is 66.0 Å². The first kappa shape index (κ1) is 76.8. The van der Waals surface area contributed by atoms with Gasteiger partial charge in [0.15, 0.2) is 0 Å². The summed E-state index contributed by atoms with van der Waals surface area (Å²) in [6.07, 6.45) is 68.1. The largest absolute Gasteiger partial charge is 0.354 e. The lowest BCUT2D eigenvalue weighted by Crippen LogP contribution is -2.39. The minimum absolute atomic E-state index is 0.0808. The average Bonchev–Trinajstić information content (AvgIpc) is 3.44. The van der Waals surface area contributed by atoms with Crippen LogP contribution in [0.25, 0.3) is 0 Å². The monoisotopic (exact) mass is 1100 g/mol. The zero-order valence-electron chi connectivity index (χ0n) is 54.4. The Morgan fingerprint density at radius 3 is 0.603 bits per heavy atom. The maximum absolute atomic E-state index is 12.8. The van der Waals surface area contributed by atoms with E-state index in [-0.39, 0.29) is 11.8 Å². The highest BCUT2D eigenvalue weighted by atomic mass is 16.2. The van der Waals surface area contributed by atoms with Gasteiger partial charge in [0.25, 0.3) is 0 Å². The topological polar surface area (TPSA) is 71.2 Å². The van der Waals surface area contributed by atoms with Gasteiger partial charge in [-0.3, -0.25) is 9.59 Å². The quantitative estimate of drug-likeness (QED) is 0.0592. The molecule has 0 aromatic heterocycles. The van der Waals surface area contributed by atoms with E-state index in [1.165, 1.54) is 334 Å². The molecular formula is C70H144N6O2. The molecule has 0 aliphatic heterocycles. The molecule has 0 aromatic carbocycles. The van der Waals surface area contributed by atoms with Gasteiger partial charge in [-0.1, -0.05) is 310 Å². The number of likely N-dealkylation sites (N-methyl/N-ethyl adjacent to an activating group) is 2. The molecule has 0 fully saturated rings. The molecule has 0 saturated heterocycles. The van der Waals surface area contributed by atoms with Crippen LogP contribution >= 0.6 is 0 Å². The molecular weight excluding hydrogens is 957 g/mol. The Kier molecular flexibility index (Phi) is 63.9. The molecule has 8 heteroatoms. The summed E-state index contributed by atoms with van der Waals surface area (Å²) in [6, 6.07) is 0. The molecule has 0 spiro atoms. The second kappa shape index (κ2) is 64.9.